The van der Waals surface area contributed by atoms with Gasteiger partial charge in [-0.15, -0.1) is 0 Å². The van der Waals surface area contributed by atoms with Crippen molar-refractivity contribution in [3.05, 3.63) is 17.2 Å². The molecule has 1 unspecified atom stereocenters. The van der Waals surface area contributed by atoms with E-state index in [1.165, 1.54) is 24.2 Å². The molecule has 2 rings (SSSR count). The standard InChI is InChI=1S/C13H22N2O/c1-9-6-5-7-10-12(9)15-11(14-10)8-13(2,3)16-4/h9H,5-8H2,1-4H3,(H,14,15). The third-order valence-corrected chi connectivity index (χ3v) is 3.54. The highest BCUT2D eigenvalue weighted by Gasteiger charge is 2.24. The van der Waals surface area contributed by atoms with Gasteiger partial charge in [-0.2, -0.15) is 0 Å². The van der Waals surface area contributed by atoms with E-state index in [4.69, 9.17) is 9.72 Å². The second-order valence-corrected chi connectivity index (χ2v) is 5.48. The predicted molar refractivity (Wildman–Crippen MR) is 64.7 cm³/mol. The fourth-order valence-electron chi connectivity index (χ4n) is 2.36. The zero-order valence-electron chi connectivity index (χ0n) is 10.8. The molecule has 1 atom stereocenters. The lowest BCUT2D eigenvalue weighted by molar-refractivity contribution is 0.0217. The molecule has 1 aromatic rings. The maximum absolute atomic E-state index is 5.44. The molecule has 1 N–H and O–H groups in total. The number of hydrogen-bond acceptors (Lipinski definition) is 2. The fraction of sp³-hybridized carbons (Fsp3) is 0.769. The highest BCUT2D eigenvalue weighted by Crippen LogP contribution is 2.30. The number of rotatable bonds is 3. The van der Waals surface area contributed by atoms with Gasteiger partial charge in [0.15, 0.2) is 0 Å². The van der Waals surface area contributed by atoms with Crippen LogP contribution in [0.15, 0.2) is 0 Å². The maximum atomic E-state index is 5.44. The summed E-state index contributed by atoms with van der Waals surface area (Å²) in [6, 6.07) is 0. The molecule has 1 aliphatic carbocycles. The normalized spacial score (nSPS) is 20.9. The van der Waals surface area contributed by atoms with E-state index < -0.39 is 0 Å². The van der Waals surface area contributed by atoms with Crippen molar-refractivity contribution in [2.75, 3.05) is 7.11 Å². The molecule has 90 valence electrons. The lowest BCUT2D eigenvalue weighted by Crippen LogP contribution is -2.26. The van der Waals surface area contributed by atoms with Gasteiger partial charge in [0, 0.05) is 25.1 Å². The van der Waals surface area contributed by atoms with E-state index in [2.05, 4.69) is 25.8 Å². The number of methoxy groups -OCH3 is 1. The Morgan fingerprint density at radius 1 is 1.50 bits per heavy atom. The number of aromatic amines is 1. The average Bonchev–Trinajstić information content (AvgIpc) is 2.61. The molecule has 0 spiro atoms. The van der Waals surface area contributed by atoms with Crippen LogP contribution in [0.25, 0.3) is 0 Å². The number of nitrogens with zero attached hydrogens (tertiary/aromatic N) is 1. The summed E-state index contributed by atoms with van der Waals surface area (Å²) in [6.07, 6.45) is 4.55. The van der Waals surface area contributed by atoms with Crippen LogP contribution in [0.4, 0.5) is 0 Å². The summed E-state index contributed by atoms with van der Waals surface area (Å²) in [5.74, 6) is 1.69. The fourth-order valence-corrected chi connectivity index (χ4v) is 2.36. The van der Waals surface area contributed by atoms with Crippen LogP contribution >= 0.6 is 0 Å². The summed E-state index contributed by atoms with van der Waals surface area (Å²) in [5, 5.41) is 0. The second kappa shape index (κ2) is 4.21. The molecule has 0 saturated carbocycles. The molecular formula is C13H22N2O. The van der Waals surface area contributed by atoms with Crippen molar-refractivity contribution in [3.8, 4) is 0 Å². The van der Waals surface area contributed by atoms with Crippen LogP contribution in [-0.2, 0) is 17.6 Å². The molecule has 0 fully saturated rings. The highest BCUT2D eigenvalue weighted by atomic mass is 16.5. The number of hydrogen-bond donors (Lipinski definition) is 1. The van der Waals surface area contributed by atoms with Gasteiger partial charge in [-0.25, -0.2) is 4.98 Å². The van der Waals surface area contributed by atoms with Crippen molar-refractivity contribution in [2.24, 2.45) is 0 Å². The average molecular weight is 222 g/mol. The topological polar surface area (TPSA) is 37.9 Å². The van der Waals surface area contributed by atoms with Gasteiger partial charge in [-0.05, 0) is 33.1 Å². The van der Waals surface area contributed by atoms with Gasteiger partial charge in [0.05, 0.1) is 11.3 Å². The summed E-state index contributed by atoms with van der Waals surface area (Å²) in [6.45, 7) is 6.46. The maximum Gasteiger partial charge on any atom is 0.109 e. The number of ether oxygens (including phenoxy) is 1. The first kappa shape index (κ1) is 11.6. The Bertz CT molecular complexity index is 368. The van der Waals surface area contributed by atoms with Crippen LogP contribution in [0.5, 0.6) is 0 Å². The Morgan fingerprint density at radius 2 is 2.25 bits per heavy atom. The van der Waals surface area contributed by atoms with Crippen LogP contribution in [0.2, 0.25) is 0 Å². The van der Waals surface area contributed by atoms with Gasteiger partial charge in [0.25, 0.3) is 0 Å². The van der Waals surface area contributed by atoms with Gasteiger partial charge in [-0.1, -0.05) is 6.92 Å². The van der Waals surface area contributed by atoms with Crippen molar-refractivity contribution in [1.82, 2.24) is 9.97 Å². The van der Waals surface area contributed by atoms with Crippen LogP contribution in [0, 0.1) is 0 Å². The van der Waals surface area contributed by atoms with E-state index >= 15 is 0 Å². The molecule has 3 heteroatoms. The molecule has 0 aliphatic heterocycles. The minimum Gasteiger partial charge on any atom is -0.378 e. The van der Waals surface area contributed by atoms with E-state index in [0.717, 1.165) is 18.7 Å². The number of H-pyrrole nitrogens is 1. The summed E-state index contributed by atoms with van der Waals surface area (Å²) in [7, 11) is 1.76. The van der Waals surface area contributed by atoms with E-state index in [1.807, 2.05) is 0 Å². The Morgan fingerprint density at radius 3 is 2.88 bits per heavy atom. The number of aromatic nitrogens is 2. The van der Waals surface area contributed by atoms with E-state index in [1.54, 1.807) is 7.11 Å². The molecule has 0 amide bonds. The minimum atomic E-state index is -0.135. The molecule has 0 radical (unpaired) electrons. The van der Waals surface area contributed by atoms with E-state index in [9.17, 15) is 0 Å². The first-order valence-corrected chi connectivity index (χ1v) is 6.14. The van der Waals surface area contributed by atoms with Crippen LogP contribution < -0.4 is 0 Å². The zero-order chi connectivity index (χ0) is 11.8. The van der Waals surface area contributed by atoms with Crippen molar-refractivity contribution in [2.45, 2.75) is 58.0 Å². The first-order valence-electron chi connectivity index (χ1n) is 6.14. The van der Waals surface area contributed by atoms with Crippen molar-refractivity contribution < 1.29 is 4.74 Å². The Kier molecular flexibility index (Phi) is 3.06. The number of fused-ring (bicyclic) bond motifs is 1. The number of aryl methyl sites for hydroxylation is 1. The molecule has 16 heavy (non-hydrogen) atoms. The summed E-state index contributed by atoms with van der Waals surface area (Å²) in [5.41, 5.74) is 2.50. The molecular weight excluding hydrogens is 200 g/mol. The lowest BCUT2D eigenvalue weighted by Gasteiger charge is -2.21. The Hall–Kier alpha value is -0.830. The van der Waals surface area contributed by atoms with Gasteiger partial charge in [-0.3, -0.25) is 0 Å². The van der Waals surface area contributed by atoms with Crippen molar-refractivity contribution in [1.29, 1.82) is 0 Å². The third-order valence-electron chi connectivity index (χ3n) is 3.54. The molecule has 1 heterocycles. The lowest BCUT2D eigenvalue weighted by atomic mass is 9.92. The SMILES string of the molecule is COC(C)(C)Cc1nc2c([nH]1)CCCC2C. The molecule has 1 aliphatic rings. The van der Waals surface area contributed by atoms with E-state index in [-0.39, 0.29) is 5.60 Å². The minimum absolute atomic E-state index is 0.135. The second-order valence-electron chi connectivity index (χ2n) is 5.48. The van der Waals surface area contributed by atoms with Crippen molar-refractivity contribution in [3.63, 3.8) is 0 Å². The largest absolute Gasteiger partial charge is 0.378 e. The number of imidazole rings is 1. The van der Waals surface area contributed by atoms with Crippen molar-refractivity contribution >= 4 is 0 Å². The predicted octanol–water partition coefficient (Wildman–Crippen LogP) is 2.82. The molecule has 1 aromatic heterocycles. The smallest absolute Gasteiger partial charge is 0.109 e. The number of nitrogens with one attached hydrogen (secondary N) is 1. The summed E-state index contributed by atoms with van der Waals surface area (Å²) in [4.78, 5) is 8.19. The molecule has 0 aromatic carbocycles. The van der Waals surface area contributed by atoms with Crippen LogP contribution in [0.3, 0.4) is 0 Å². The quantitative estimate of drug-likeness (QED) is 0.854. The van der Waals surface area contributed by atoms with E-state index in [0.29, 0.717) is 5.92 Å². The monoisotopic (exact) mass is 222 g/mol. The Balaban J connectivity index is 2.18. The highest BCUT2D eigenvalue weighted by molar-refractivity contribution is 5.22. The molecule has 0 bridgehead atoms. The van der Waals surface area contributed by atoms with Gasteiger partial charge in [0.1, 0.15) is 5.82 Å². The summed E-state index contributed by atoms with van der Waals surface area (Å²) < 4.78 is 5.44. The molecule has 3 nitrogen and oxygen atoms in total. The van der Waals surface area contributed by atoms with Crippen LogP contribution in [-0.4, -0.2) is 22.7 Å². The first-order chi connectivity index (χ1) is 7.52. The van der Waals surface area contributed by atoms with Crippen LogP contribution in [0.1, 0.15) is 56.7 Å². The summed E-state index contributed by atoms with van der Waals surface area (Å²) >= 11 is 0. The third kappa shape index (κ3) is 2.29. The Labute approximate surface area is 97.6 Å². The molecule has 0 saturated heterocycles. The van der Waals surface area contributed by atoms with Gasteiger partial charge in [0.2, 0.25) is 0 Å². The van der Waals surface area contributed by atoms with Gasteiger partial charge >= 0.3 is 0 Å². The zero-order valence-corrected chi connectivity index (χ0v) is 10.8. The van der Waals surface area contributed by atoms with Gasteiger partial charge < -0.3 is 9.72 Å².